The van der Waals surface area contributed by atoms with Crippen molar-refractivity contribution in [3.8, 4) is 0 Å². The first-order chi connectivity index (χ1) is 16.2. The first-order valence-corrected chi connectivity index (χ1v) is 9.56. The molecular formula is C22H18N4O8-4. The number of nitrogens with zero attached hydrogens (tertiary/aromatic N) is 4. The minimum Gasteiger partial charge on any atom is -0.769 e. The molecule has 0 fully saturated rings. The van der Waals surface area contributed by atoms with E-state index in [1.165, 1.54) is 54.6 Å². The molecule has 0 aliphatic carbocycles. The fourth-order valence-corrected chi connectivity index (χ4v) is 3.18. The van der Waals surface area contributed by atoms with Crippen molar-refractivity contribution in [2.24, 2.45) is 0 Å². The monoisotopic (exact) mass is 466 g/mol. The number of hydrogen-bond donors (Lipinski definition) is 4. The van der Waals surface area contributed by atoms with Gasteiger partial charge in [0.15, 0.2) is 0 Å². The molecule has 178 valence electrons. The Hall–Kier alpha value is -3.98. The van der Waals surface area contributed by atoms with Gasteiger partial charge in [0.1, 0.15) is 11.4 Å². The molecule has 3 aromatic rings. The average molecular weight is 466 g/mol. The number of para-hydroxylation sites is 2. The first kappa shape index (κ1) is 24.7. The van der Waals surface area contributed by atoms with E-state index in [1.54, 1.807) is 24.3 Å². The van der Waals surface area contributed by atoms with Gasteiger partial charge in [-0.2, -0.15) is 0 Å². The molecule has 0 saturated carbocycles. The summed E-state index contributed by atoms with van der Waals surface area (Å²) < 4.78 is 0. The van der Waals surface area contributed by atoms with Crippen molar-refractivity contribution in [3.05, 3.63) is 104 Å². The lowest BCUT2D eigenvalue weighted by atomic mass is 10.0. The normalized spacial score (nSPS) is 11.3. The van der Waals surface area contributed by atoms with Crippen molar-refractivity contribution in [2.75, 3.05) is 20.9 Å². The zero-order valence-electron chi connectivity index (χ0n) is 17.3. The molecule has 0 unspecified atom stereocenters. The summed E-state index contributed by atoms with van der Waals surface area (Å²) in [4.78, 5) is 0. The van der Waals surface area contributed by atoms with Crippen molar-refractivity contribution in [2.45, 2.75) is 0 Å². The molecule has 0 atom stereocenters. The molecule has 34 heavy (non-hydrogen) atoms. The molecule has 0 aromatic heterocycles. The molecule has 3 rings (SSSR count). The molecule has 0 saturated heterocycles. The summed E-state index contributed by atoms with van der Waals surface area (Å²) in [6, 6.07) is 14.3. The molecule has 0 aliphatic heterocycles. The topological polar surface area (TPSA) is 186 Å². The maximum atomic E-state index is 11.6. The van der Waals surface area contributed by atoms with Crippen LogP contribution >= 0.6 is 0 Å². The van der Waals surface area contributed by atoms with Crippen molar-refractivity contribution in [1.82, 2.24) is 0 Å². The van der Waals surface area contributed by atoms with E-state index in [1.807, 2.05) is 0 Å². The molecular weight excluding hydrogens is 448 g/mol. The quantitative estimate of drug-likeness (QED) is 0.263. The Morgan fingerprint density at radius 2 is 0.824 bits per heavy atom. The molecule has 0 bridgehead atoms. The predicted octanol–water partition coefficient (Wildman–Crippen LogP) is 4.80. The number of rotatable bonds is 8. The molecule has 0 radical (unpaired) electrons. The fraction of sp³-hybridized carbons (Fsp3) is 0. The van der Waals surface area contributed by atoms with Crippen LogP contribution in [0.1, 0.15) is 22.3 Å². The molecule has 0 aliphatic rings. The van der Waals surface area contributed by atoms with Crippen LogP contribution in [-0.4, -0.2) is 20.8 Å². The maximum absolute atomic E-state index is 11.6. The highest BCUT2D eigenvalue weighted by atomic mass is 16.8. The van der Waals surface area contributed by atoms with Crippen molar-refractivity contribution in [1.29, 1.82) is 0 Å². The molecule has 12 heteroatoms. The molecule has 4 N–H and O–H groups in total. The highest BCUT2D eigenvalue weighted by Gasteiger charge is 2.08. The Labute approximate surface area is 193 Å². The molecule has 12 nitrogen and oxygen atoms in total. The van der Waals surface area contributed by atoms with Crippen LogP contribution in [0.4, 0.5) is 22.7 Å². The Balaban J connectivity index is 2.10. The van der Waals surface area contributed by atoms with Crippen LogP contribution in [0, 0.1) is 20.8 Å². The van der Waals surface area contributed by atoms with Gasteiger partial charge in [0.25, 0.3) is 0 Å². The van der Waals surface area contributed by atoms with Crippen LogP contribution < -0.4 is 20.9 Å². The van der Waals surface area contributed by atoms with Crippen LogP contribution in [0.2, 0.25) is 0 Å². The van der Waals surface area contributed by atoms with Crippen LogP contribution in [0.3, 0.4) is 0 Å². The van der Waals surface area contributed by atoms with E-state index >= 15 is 0 Å². The molecule has 0 spiro atoms. The zero-order chi connectivity index (χ0) is 24.8. The number of hydrogen-bond acceptors (Lipinski definition) is 12. The predicted molar refractivity (Wildman–Crippen MR) is 128 cm³/mol. The second kappa shape index (κ2) is 10.8. The SMILES string of the molecule is [O-]N([O-])c1cc(N([O-])[O-])c(C=Cc2ccccc2N(O)O)cc1C=Cc1ccccc1N(O)O. The van der Waals surface area contributed by atoms with Gasteiger partial charge in [-0.15, -0.1) is 10.5 Å². The smallest absolute Gasteiger partial charge is 0.101 e. The van der Waals surface area contributed by atoms with Crippen molar-refractivity contribution in [3.63, 3.8) is 0 Å². The van der Waals surface area contributed by atoms with Gasteiger partial charge in [-0.05, 0) is 35.4 Å². The molecule has 0 amide bonds. The summed E-state index contributed by atoms with van der Waals surface area (Å²) in [5, 5.41) is 82.0. The Morgan fingerprint density at radius 1 is 0.471 bits per heavy atom. The fourth-order valence-electron chi connectivity index (χ4n) is 3.18. The second-order valence-electron chi connectivity index (χ2n) is 6.85. The summed E-state index contributed by atoms with van der Waals surface area (Å²) in [6.07, 6.45) is 5.42. The van der Waals surface area contributed by atoms with Gasteiger partial charge in [-0.3, -0.25) is 20.8 Å². The van der Waals surface area contributed by atoms with Gasteiger partial charge in [0.2, 0.25) is 0 Å². The third-order valence-electron chi connectivity index (χ3n) is 4.76. The van der Waals surface area contributed by atoms with Crippen molar-refractivity contribution < 1.29 is 20.8 Å². The second-order valence-corrected chi connectivity index (χ2v) is 6.85. The van der Waals surface area contributed by atoms with E-state index in [0.717, 1.165) is 6.07 Å². The van der Waals surface area contributed by atoms with Crippen LogP contribution in [0.5, 0.6) is 0 Å². The lowest BCUT2D eigenvalue weighted by Gasteiger charge is -2.43. The Morgan fingerprint density at radius 3 is 1.18 bits per heavy atom. The highest BCUT2D eigenvalue weighted by Crippen LogP contribution is 2.33. The summed E-state index contributed by atoms with van der Waals surface area (Å²) in [5.74, 6) is 0. The van der Waals surface area contributed by atoms with E-state index in [9.17, 15) is 41.7 Å². The summed E-state index contributed by atoms with van der Waals surface area (Å²) in [7, 11) is 0. The summed E-state index contributed by atoms with van der Waals surface area (Å²) >= 11 is 0. The van der Waals surface area contributed by atoms with Crippen LogP contribution in [-0.2, 0) is 0 Å². The largest absolute Gasteiger partial charge is 0.769 e. The Bertz CT molecular complexity index is 1110. The minimum atomic E-state index is -0.763. The van der Waals surface area contributed by atoms with E-state index in [2.05, 4.69) is 0 Å². The number of benzene rings is 3. The van der Waals surface area contributed by atoms with E-state index in [4.69, 9.17) is 0 Å². The van der Waals surface area contributed by atoms with Gasteiger partial charge in [0.05, 0.1) is 0 Å². The Kier molecular flexibility index (Phi) is 7.80. The van der Waals surface area contributed by atoms with Gasteiger partial charge < -0.3 is 31.3 Å². The molecule has 0 heterocycles. The maximum Gasteiger partial charge on any atom is 0.101 e. The lowest BCUT2D eigenvalue weighted by Crippen LogP contribution is -2.12. The van der Waals surface area contributed by atoms with Crippen LogP contribution in [0.25, 0.3) is 24.3 Å². The molecule has 3 aromatic carbocycles. The highest BCUT2D eigenvalue weighted by molar-refractivity contribution is 5.88. The van der Waals surface area contributed by atoms with Gasteiger partial charge in [-0.1, -0.05) is 60.7 Å². The summed E-state index contributed by atoms with van der Waals surface area (Å²) in [6.45, 7) is 0. The van der Waals surface area contributed by atoms with Crippen molar-refractivity contribution >= 4 is 47.1 Å². The van der Waals surface area contributed by atoms with E-state index in [0.29, 0.717) is 11.1 Å². The van der Waals surface area contributed by atoms with Gasteiger partial charge >= 0.3 is 0 Å². The summed E-state index contributed by atoms with van der Waals surface area (Å²) in [5.41, 5.74) is -0.359. The number of anilines is 4. The standard InChI is InChI=1S/C22H18N4O8/c27-23(28)19-7-3-1-5-15(19)9-11-17-13-18(22(26(33)34)14-21(17)25(31)32)12-10-16-6-2-4-8-20(16)24(29)30/h1-14,27-30H/q-4. The minimum absolute atomic E-state index is 0.0117. The zero-order valence-corrected chi connectivity index (χ0v) is 17.3. The third-order valence-corrected chi connectivity index (χ3v) is 4.76. The average Bonchev–Trinajstić information content (AvgIpc) is 2.81. The lowest BCUT2D eigenvalue weighted by molar-refractivity contribution is 0.0284. The van der Waals surface area contributed by atoms with Crippen LogP contribution in [0.15, 0.2) is 60.7 Å². The van der Waals surface area contributed by atoms with E-state index < -0.39 is 21.8 Å². The first-order valence-electron chi connectivity index (χ1n) is 9.56. The van der Waals surface area contributed by atoms with E-state index in [-0.39, 0.29) is 33.0 Å². The third kappa shape index (κ3) is 5.68. The van der Waals surface area contributed by atoms with Gasteiger partial charge in [-0.25, -0.2) is 0 Å². The van der Waals surface area contributed by atoms with Gasteiger partial charge in [0, 0.05) is 22.5 Å².